The zero-order valence-corrected chi connectivity index (χ0v) is 16.2. The molecule has 0 aliphatic carbocycles. The van der Waals surface area contributed by atoms with Crippen molar-refractivity contribution < 1.29 is 22.8 Å². The van der Waals surface area contributed by atoms with Gasteiger partial charge in [-0.25, -0.2) is 18.2 Å². The van der Waals surface area contributed by atoms with Crippen LogP contribution >= 0.6 is 0 Å². The first-order valence-corrected chi connectivity index (χ1v) is 9.53. The number of methoxy groups -OCH3 is 1. The van der Waals surface area contributed by atoms with Gasteiger partial charge < -0.3 is 4.74 Å². The van der Waals surface area contributed by atoms with E-state index in [0.717, 1.165) is 9.87 Å². The SMILES string of the molecule is COc1ccc(/C=C/C(=O)NOCc2ccccc2)cc1S(=O)(=O)N(C)C. The molecule has 0 radical (unpaired) electrons. The van der Waals surface area contributed by atoms with Gasteiger partial charge in [0.15, 0.2) is 0 Å². The van der Waals surface area contributed by atoms with Crippen molar-refractivity contribution in [2.45, 2.75) is 11.5 Å². The summed E-state index contributed by atoms with van der Waals surface area (Å²) in [6, 6.07) is 14.1. The van der Waals surface area contributed by atoms with Crippen molar-refractivity contribution >= 4 is 22.0 Å². The minimum atomic E-state index is -3.68. The summed E-state index contributed by atoms with van der Waals surface area (Å²) in [5, 5.41) is 0. The second kappa shape index (κ2) is 9.31. The van der Waals surface area contributed by atoms with Crippen LogP contribution in [0.1, 0.15) is 11.1 Å². The molecule has 27 heavy (non-hydrogen) atoms. The number of nitrogens with zero attached hydrogens (tertiary/aromatic N) is 1. The molecular formula is C19H22N2O5S. The average Bonchev–Trinajstić information content (AvgIpc) is 2.66. The maximum absolute atomic E-state index is 12.4. The van der Waals surface area contributed by atoms with Crippen molar-refractivity contribution in [3.63, 3.8) is 0 Å². The van der Waals surface area contributed by atoms with Crippen molar-refractivity contribution in [1.82, 2.24) is 9.79 Å². The Morgan fingerprint density at radius 1 is 1.15 bits per heavy atom. The van der Waals surface area contributed by atoms with Gasteiger partial charge in [-0.3, -0.25) is 9.63 Å². The highest BCUT2D eigenvalue weighted by molar-refractivity contribution is 7.89. The number of sulfonamides is 1. The molecule has 0 aliphatic rings. The second-order valence-corrected chi connectivity index (χ2v) is 7.89. The molecule has 0 fully saturated rings. The molecule has 0 heterocycles. The molecule has 0 spiro atoms. The molecule has 144 valence electrons. The first-order valence-electron chi connectivity index (χ1n) is 8.09. The number of hydrogen-bond donors (Lipinski definition) is 1. The maximum atomic E-state index is 12.4. The van der Waals surface area contributed by atoms with Gasteiger partial charge in [0.2, 0.25) is 10.0 Å². The van der Waals surface area contributed by atoms with Gasteiger partial charge in [0, 0.05) is 20.2 Å². The summed E-state index contributed by atoms with van der Waals surface area (Å²) in [6.45, 7) is 0.244. The van der Waals surface area contributed by atoms with Crippen molar-refractivity contribution in [2.75, 3.05) is 21.2 Å². The Morgan fingerprint density at radius 3 is 2.48 bits per heavy atom. The van der Waals surface area contributed by atoms with Crippen LogP contribution in [0.3, 0.4) is 0 Å². The first-order chi connectivity index (χ1) is 12.8. The number of nitrogens with one attached hydrogen (secondary N) is 1. The quantitative estimate of drug-likeness (QED) is 0.552. The van der Waals surface area contributed by atoms with E-state index in [2.05, 4.69) is 5.48 Å². The molecule has 0 bridgehead atoms. The molecule has 0 saturated heterocycles. The van der Waals surface area contributed by atoms with Crippen LogP contribution in [-0.4, -0.2) is 39.8 Å². The highest BCUT2D eigenvalue weighted by Crippen LogP contribution is 2.27. The Labute approximate surface area is 159 Å². The first kappa shape index (κ1) is 20.6. The number of hydrogen-bond acceptors (Lipinski definition) is 5. The summed E-state index contributed by atoms with van der Waals surface area (Å²) >= 11 is 0. The third kappa shape index (κ3) is 5.65. The monoisotopic (exact) mass is 390 g/mol. The number of hydroxylamine groups is 1. The topological polar surface area (TPSA) is 84.9 Å². The molecule has 8 heteroatoms. The largest absolute Gasteiger partial charge is 0.495 e. The maximum Gasteiger partial charge on any atom is 0.267 e. The summed E-state index contributed by atoms with van der Waals surface area (Å²) in [5.74, 6) is -0.227. The van der Waals surface area contributed by atoms with Gasteiger partial charge in [-0.15, -0.1) is 0 Å². The lowest BCUT2D eigenvalue weighted by Crippen LogP contribution is -2.23. The number of rotatable bonds is 8. The van der Waals surface area contributed by atoms with Gasteiger partial charge in [-0.2, -0.15) is 0 Å². The van der Waals surface area contributed by atoms with E-state index in [0.29, 0.717) is 5.56 Å². The van der Waals surface area contributed by atoms with Crippen molar-refractivity contribution in [1.29, 1.82) is 0 Å². The lowest BCUT2D eigenvalue weighted by atomic mass is 10.2. The Morgan fingerprint density at radius 2 is 1.85 bits per heavy atom. The summed E-state index contributed by atoms with van der Waals surface area (Å²) in [5.41, 5.74) is 3.77. The van der Waals surface area contributed by atoms with E-state index in [1.807, 2.05) is 30.3 Å². The molecule has 2 rings (SSSR count). The van der Waals surface area contributed by atoms with Crippen LogP contribution in [0.15, 0.2) is 59.5 Å². The minimum absolute atomic E-state index is 0.0258. The fourth-order valence-corrected chi connectivity index (χ4v) is 3.25. The van der Waals surface area contributed by atoms with E-state index in [4.69, 9.17) is 9.57 Å². The molecule has 1 N–H and O–H groups in total. The smallest absolute Gasteiger partial charge is 0.267 e. The van der Waals surface area contributed by atoms with Gasteiger partial charge in [0.05, 0.1) is 13.7 Å². The molecule has 7 nitrogen and oxygen atoms in total. The lowest BCUT2D eigenvalue weighted by Gasteiger charge is -2.15. The summed E-state index contributed by atoms with van der Waals surface area (Å²) in [6.07, 6.45) is 2.76. The summed E-state index contributed by atoms with van der Waals surface area (Å²) in [7, 11) is 0.602. The molecule has 0 aliphatic heterocycles. The predicted molar refractivity (Wildman–Crippen MR) is 102 cm³/mol. The van der Waals surface area contributed by atoms with Crippen LogP contribution in [0.2, 0.25) is 0 Å². The molecule has 0 atom stereocenters. The van der Waals surface area contributed by atoms with Crippen molar-refractivity contribution in [3.05, 3.63) is 65.7 Å². The Bertz CT molecular complexity index is 909. The predicted octanol–water partition coefficient (Wildman–Crippen LogP) is 2.21. The Balaban J connectivity index is 2.04. The van der Waals surface area contributed by atoms with Crippen LogP contribution in [0.25, 0.3) is 6.08 Å². The molecule has 0 unspecified atom stereocenters. The highest BCUT2D eigenvalue weighted by atomic mass is 32.2. The van der Waals surface area contributed by atoms with Crippen molar-refractivity contribution in [2.24, 2.45) is 0 Å². The molecule has 2 aromatic carbocycles. The molecule has 1 amide bonds. The number of carbonyl (C=O) groups excluding carboxylic acids is 1. The molecule has 0 aromatic heterocycles. The van der Waals surface area contributed by atoms with Crippen LogP contribution in [0.4, 0.5) is 0 Å². The van der Waals surface area contributed by atoms with Gasteiger partial charge in [-0.1, -0.05) is 36.4 Å². The van der Waals surface area contributed by atoms with Crippen LogP contribution in [0.5, 0.6) is 5.75 Å². The molecular weight excluding hydrogens is 368 g/mol. The third-order valence-electron chi connectivity index (χ3n) is 3.63. The van der Waals surface area contributed by atoms with Crippen LogP contribution < -0.4 is 10.2 Å². The normalized spacial score (nSPS) is 11.7. The van der Waals surface area contributed by atoms with E-state index < -0.39 is 15.9 Å². The lowest BCUT2D eigenvalue weighted by molar-refractivity contribution is -0.129. The zero-order chi connectivity index (χ0) is 19.9. The number of ether oxygens (including phenoxy) is 1. The van der Waals surface area contributed by atoms with Gasteiger partial charge >= 0.3 is 0 Å². The number of amides is 1. The number of carbonyl (C=O) groups is 1. The van der Waals surface area contributed by atoms with Crippen LogP contribution in [-0.2, 0) is 26.3 Å². The third-order valence-corrected chi connectivity index (χ3v) is 5.46. The standard InChI is InChI=1S/C19H22N2O5S/c1-21(2)27(23,24)18-13-15(9-11-17(18)25-3)10-12-19(22)20-26-14-16-7-5-4-6-8-16/h4-13H,14H2,1-3H3,(H,20,22)/b12-10+. The van der Waals surface area contributed by atoms with Gasteiger partial charge in [-0.05, 0) is 29.3 Å². The minimum Gasteiger partial charge on any atom is -0.495 e. The fourth-order valence-electron chi connectivity index (χ4n) is 2.17. The summed E-state index contributed by atoms with van der Waals surface area (Å²) < 4.78 is 31.0. The summed E-state index contributed by atoms with van der Waals surface area (Å²) in [4.78, 5) is 17.0. The molecule has 0 saturated carbocycles. The fraction of sp³-hybridized carbons (Fsp3) is 0.211. The Kier molecular flexibility index (Phi) is 7.12. The number of benzene rings is 2. The van der Waals surface area contributed by atoms with E-state index in [9.17, 15) is 13.2 Å². The zero-order valence-electron chi connectivity index (χ0n) is 15.4. The van der Waals surface area contributed by atoms with Gasteiger partial charge in [0.25, 0.3) is 5.91 Å². The van der Waals surface area contributed by atoms with E-state index in [-0.39, 0.29) is 17.3 Å². The second-order valence-electron chi connectivity index (χ2n) is 5.77. The van der Waals surface area contributed by atoms with Crippen molar-refractivity contribution in [3.8, 4) is 5.75 Å². The van der Waals surface area contributed by atoms with E-state index in [1.165, 1.54) is 39.4 Å². The van der Waals surface area contributed by atoms with Crippen LogP contribution in [0, 0.1) is 0 Å². The molecule has 2 aromatic rings. The highest BCUT2D eigenvalue weighted by Gasteiger charge is 2.22. The van der Waals surface area contributed by atoms with E-state index in [1.54, 1.807) is 12.1 Å². The average molecular weight is 390 g/mol. The van der Waals surface area contributed by atoms with Gasteiger partial charge in [0.1, 0.15) is 10.6 Å². The van der Waals surface area contributed by atoms with E-state index >= 15 is 0 Å². The Hall–Kier alpha value is -2.68.